The molecule has 0 aromatic heterocycles. The summed E-state index contributed by atoms with van der Waals surface area (Å²) in [6.07, 6.45) is 1.06. The highest BCUT2D eigenvalue weighted by Crippen LogP contribution is 2.29. The van der Waals surface area contributed by atoms with Crippen molar-refractivity contribution < 1.29 is 4.74 Å². The van der Waals surface area contributed by atoms with Gasteiger partial charge in [0.25, 0.3) is 0 Å². The molecule has 0 amide bonds. The lowest BCUT2D eigenvalue weighted by Crippen LogP contribution is -2.22. The van der Waals surface area contributed by atoms with Crippen molar-refractivity contribution in [3.8, 4) is 16.9 Å². The second-order valence-electron chi connectivity index (χ2n) is 7.40. The molecule has 0 aliphatic heterocycles. The molecule has 0 fully saturated rings. The largest absolute Gasteiger partial charge is 0.488 e. The summed E-state index contributed by atoms with van der Waals surface area (Å²) in [4.78, 5) is 0. The molecule has 0 N–H and O–H groups in total. The summed E-state index contributed by atoms with van der Waals surface area (Å²) in [6.45, 7) is 10.7. The van der Waals surface area contributed by atoms with Gasteiger partial charge < -0.3 is 4.74 Å². The number of ether oxygens (including phenoxy) is 1. The molecular formula is C20H27OP. The Hall–Kier alpha value is -1.33. The summed E-state index contributed by atoms with van der Waals surface area (Å²) in [5, 5.41) is 0. The molecule has 1 nitrogen and oxygen atoms in total. The van der Waals surface area contributed by atoms with Gasteiger partial charge in [0, 0.05) is 0 Å². The van der Waals surface area contributed by atoms with Gasteiger partial charge in [0.1, 0.15) is 11.4 Å². The zero-order valence-corrected chi connectivity index (χ0v) is 15.5. The minimum atomic E-state index is -0.160. The maximum atomic E-state index is 5.87. The Balaban J connectivity index is 2.19. The maximum absolute atomic E-state index is 5.87. The van der Waals surface area contributed by atoms with Gasteiger partial charge in [0.2, 0.25) is 0 Å². The Bertz CT molecular complexity index is 604. The molecule has 0 radical (unpaired) electrons. The fraction of sp³-hybridized carbons (Fsp3) is 0.400. The highest BCUT2D eigenvalue weighted by molar-refractivity contribution is 7.16. The molecule has 2 heteroatoms. The van der Waals surface area contributed by atoms with Crippen LogP contribution < -0.4 is 4.74 Å². The van der Waals surface area contributed by atoms with Crippen LogP contribution in [0, 0.1) is 0 Å². The first-order valence-corrected chi connectivity index (χ1v) is 8.63. The molecule has 2 aromatic rings. The van der Waals surface area contributed by atoms with Crippen molar-refractivity contribution in [1.82, 2.24) is 0 Å². The van der Waals surface area contributed by atoms with E-state index in [4.69, 9.17) is 4.74 Å². The predicted molar refractivity (Wildman–Crippen MR) is 99.9 cm³/mol. The second kappa shape index (κ2) is 6.42. The molecular weight excluding hydrogens is 287 g/mol. The summed E-state index contributed by atoms with van der Waals surface area (Å²) >= 11 is 0. The lowest BCUT2D eigenvalue weighted by atomic mass is 9.86. The van der Waals surface area contributed by atoms with Crippen LogP contribution in [-0.2, 0) is 5.41 Å². The van der Waals surface area contributed by atoms with Crippen molar-refractivity contribution in [2.45, 2.75) is 45.6 Å². The van der Waals surface area contributed by atoms with E-state index in [1.54, 1.807) is 0 Å². The van der Waals surface area contributed by atoms with E-state index in [2.05, 4.69) is 80.3 Å². The van der Waals surface area contributed by atoms with Gasteiger partial charge in [-0.05, 0) is 61.2 Å². The number of hydrogen-bond donors (Lipinski definition) is 0. The van der Waals surface area contributed by atoms with Gasteiger partial charge in [-0.15, -0.1) is 9.24 Å². The summed E-state index contributed by atoms with van der Waals surface area (Å²) < 4.78 is 5.87. The molecule has 2 aromatic carbocycles. The molecule has 0 saturated heterocycles. The SMILES string of the molecule is CC(C)(C)Oc1ccc(-c2ccc(C(C)(C)CP)cc2)cc1. The van der Waals surface area contributed by atoms with Crippen LogP contribution >= 0.6 is 9.24 Å². The molecule has 22 heavy (non-hydrogen) atoms. The predicted octanol–water partition coefficient (Wildman–Crippen LogP) is 5.68. The van der Waals surface area contributed by atoms with E-state index in [0.717, 1.165) is 11.9 Å². The number of hydrogen-bond acceptors (Lipinski definition) is 1. The van der Waals surface area contributed by atoms with Crippen molar-refractivity contribution in [3.05, 3.63) is 54.1 Å². The number of rotatable bonds is 4. The van der Waals surface area contributed by atoms with E-state index in [9.17, 15) is 0 Å². The molecule has 0 heterocycles. The first kappa shape index (κ1) is 17.0. The zero-order chi connectivity index (χ0) is 16.4. The van der Waals surface area contributed by atoms with Gasteiger partial charge in [-0.2, -0.15) is 0 Å². The minimum absolute atomic E-state index is 0.160. The molecule has 118 valence electrons. The molecule has 0 aliphatic rings. The maximum Gasteiger partial charge on any atom is 0.120 e. The topological polar surface area (TPSA) is 9.23 Å². The molecule has 0 spiro atoms. The normalized spacial score (nSPS) is 12.3. The minimum Gasteiger partial charge on any atom is -0.488 e. The third-order valence-corrected chi connectivity index (χ3v) is 4.81. The molecule has 1 unspecified atom stereocenters. The van der Waals surface area contributed by atoms with Crippen molar-refractivity contribution in [2.75, 3.05) is 6.16 Å². The highest BCUT2D eigenvalue weighted by atomic mass is 31.0. The van der Waals surface area contributed by atoms with Crippen LogP contribution in [0.15, 0.2) is 48.5 Å². The Morgan fingerprint density at radius 2 is 1.23 bits per heavy atom. The quantitative estimate of drug-likeness (QED) is 0.659. The van der Waals surface area contributed by atoms with E-state index < -0.39 is 0 Å². The summed E-state index contributed by atoms with van der Waals surface area (Å²) in [6, 6.07) is 17.2. The number of benzene rings is 2. The molecule has 0 bridgehead atoms. The Labute approximate surface area is 137 Å². The molecule has 1 atom stereocenters. The summed E-state index contributed by atoms with van der Waals surface area (Å²) in [5.41, 5.74) is 3.88. The Morgan fingerprint density at radius 1 is 0.773 bits per heavy atom. The third-order valence-electron chi connectivity index (χ3n) is 3.79. The lowest BCUT2D eigenvalue weighted by Gasteiger charge is -2.23. The zero-order valence-electron chi connectivity index (χ0n) is 14.3. The van der Waals surface area contributed by atoms with Crippen LogP contribution in [0.1, 0.15) is 40.2 Å². The second-order valence-corrected chi connectivity index (χ2v) is 7.81. The average molecular weight is 314 g/mol. The fourth-order valence-corrected chi connectivity index (χ4v) is 2.54. The first-order chi connectivity index (χ1) is 10.2. The van der Waals surface area contributed by atoms with Gasteiger partial charge >= 0.3 is 0 Å². The van der Waals surface area contributed by atoms with Crippen LogP contribution in [0.2, 0.25) is 0 Å². The van der Waals surface area contributed by atoms with Crippen LogP contribution in [0.4, 0.5) is 0 Å². The van der Waals surface area contributed by atoms with Gasteiger partial charge in [-0.25, -0.2) is 0 Å². The Morgan fingerprint density at radius 3 is 1.64 bits per heavy atom. The smallest absolute Gasteiger partial charge is 0.120 e. The van der Waals surface area contributed by atoms with Gasteiger partial charge in [-0.3, -0.25) is 0 Å². The molecule has 0 aliphatic carbocycles. The van der Waals surface area contributed by atoms with E-state index in [1.807, 2.05) is 12.1 Å². The van der Waals surface area contributed by atoms with Gasteiger partial charge in [0.15, 0.2) is 0 Å². The summed E-state index contributed by atoms with van der Waals surface area (Å²) in [5.74, 6) is 0.914. The van der Waals surface area contributed by atoms with Crippen LogP contribution in [0.3, 0.4) is 0 Å². The lowest BCUT2D eigenvalue weighted by molar-refractivity contribution is 0.131. The van der Waals surface area contributed by atoms with E-state index in [1.165, 1.54) is 16.7 Å². The van der Waals surface area contributed by atoms with Crippen LogP contribution in [-0.4, -0.2) is 11.8 Å². The Kier molecular flexibility index (Phi) is 4.97. The van der Waals surface area contributed by atoms with Crippen LogP contribution in [0.5, 0.6) is 5.75 Å². The monoisotopic (exact) mass is 314 g/mol. The van der Waals surface area contributed by atoms with Crippen molar-refractivity contribution in [3.63, 3.8) is 0 Å². The van der Waals surface area contributed by atoms with Crippen molar-refractivity contribution >= 4 is 9.24 Å². The highest BCUT2D eigenvalue weighted by Gasteiger charge is 2.17. The van der Waals surface area contributed by atoms with E-state index in [0.29, 0.717) is 0 Å². The fourth-order valence-electron chi connectivity index (χ4n) is 2.30. The first-order valence-electron chi connectivity index (χ1n) is 7.81. The third kappa shape index (κ3) is 4.34. The molecule has 2 rings (SSSR count). The van der Waals surface area contributed by atoms with E-state index in [-0.39, 0.29) is 11.0 Å². The molecule has 0 saturated carbocycles. The standard InChI is InChI=1S/C20H27OP/c1-19(2,3)21-18-12-8-16(9-13-18)15-6-10-17(11-7-15)20(4,5)14-22/h6-13H,14,22H2,1-5H3. The van der Waals surface area contributed by atoms with Crippen LogP contribution in [0.25, 0.3) is 11.1 Å². The van der Waals surface area contributed by atoms with Crippen molar-refractivity contribution in [1.29, 1.82) is 0 Å². The van der Waals surface area contributed by atoms with Gasteiger partial charge in [-0.1, -0.05) is 50.2 Å². The average Bonchev–Trinajstić information content (AvgIpc) is 2.46. The van der Waals surface area contributed by atoms with Gasteiger partial charge in [0.05, 0.1) is 0 Å². The summed E-state index contributed by atoms with van der Waals surface area (Å²) in [7, 11) is 2.84. The van der Waals surface area contributed by atoms with E-state index >= 15 is 0 Å². The van der Waals surface area contributed by atoms with Crippen molar-refractivity contribution in [2.24, 2.45) is 0 Å².